The summed E-state index contributed by atoms with van der Waals surface area (Å²) in [5, 5.41) is 0. The molecule has 0 N–H and O–H groups in total. The van der Waals surface area contributed by atoms with E-state index in [9.17, 15) is 0 Å². The number of hydrogen-bond acceptors (Lipinski definition) is 0. The molecule has 0 rings (SSSR count). The quantitative estimate of drug-likeness (QED) is 0.279. The predicted octanol–water partition coefficient (Wildman–Crippen LogP) is 6.04. The SMILES string of the molecule is C=CCCCCCCCCCC=CCCC. The van der Waals surface area contributed by atoms with Crippen molar-refractivity contribution in [2.24, 2.45) is 0 Å². The summed E-state index contributed by atoms with van der Waals surface area (Å²) in [4.78, 5) is 0. The van der Waals surface area contributed by atoms with Crippen LogP contribution in [0, 0.1) is 0 Å². The number of hydrogen-bond donors (Lipinski definition) is 0. The van der Waals surface area contributed by atoms with Crippen molar-refractivity contribution >= 4 is 0 Å². The van der Waals surface area contributed by atoms with Gasteiger partial charge in [-0.15, -0.1) is 6.58 Å². The first-order chi connectivity index (χ1) is 7.91. The summed E-state index contributed by atoms with van der Waals surface area (Å²) in [5.41, 5.74) is 0. The Bertz CT molecular complexity index is 155. The second-order valence-corrected chi connectivity index (χ2v) is 4.60. The molecule has 0 aliphatic carbocycles. The lowest BCUT2D eigenvalue weighted by atomic mass is 10.1. The highest BCUT2D eigenvalue weighted by atomic mass is 14.0. The van der Waals surface area contributed by atoms with Crippen LogP contribution in [0.3, 0.4) is 0 Å². The lowest BCUT2D eigenvalue weighted by molar-refractivity contribution is 0.583. The third-order valence-corrected chi connectivity index (χ3v) is 2.90. The normalized spacial score (nSPS) is 11.1. The first-order valence-electron chi connectivity index (χ1n) is 7.17. The van der Waals surface area contributed by atoms with Gasteiger partial charge in [0.05, 0.1) is 0 Å². The monoisotopic (exact) mass is 222 g/mol. The van der Waals surface area contributed by atoms with Crippen LogP contribution in [0.1, 0.15) is 77.6 Å². The summed E-state index contributed by atoms with van der Waals surface area (Å²) in [7, 11) is 0. The fraction of sp³-hybridized carbons (Fsp3) is 0.750. The van der Waals surface area contributed by atoms with Crippen LogP contribution in [0.25, 0.3) is 0 Å². The molecule has 0 aromatic carbocycles. The molecule has 0 amide bonds. The summed E-state index contributed by atoms with van der Waals surface area (Å²) < 4.78 is 0. The molecule has 0 unspecified atom stereocenters. The van der Waals surface area contributed by atoms with Gasteiger partial charge < -0.3 is 0 Å². The number of allylic oxidation sites excluding steroid dienone is 3. The Morgan fingerprint density at radius 1 is 0.688 bits per heavy atom. The van der Waals surface area contributed by atoms with Gasteiger partial charge in [0.15, 0.2) is 0 Å². The maximum Gasteiger partial charge on any atom is -0.0351 e. The molecular formula is C16H30. The molecule has 0 radical (unpaired) electrons. The molecule has 0 heterocycles. The van der Waals surface area contributed by atoms with Crippen LogP contribution in [0.15, 0.2) is 24.8 Å². The van der Waals surface area contributed by atoms with E-state index in [-0.39, 0.29) is 0 Å². The van der Waals surface area contributed by atoms with Crippen LogP contribution in [-0.4, -0.2) is 0 Å². The highest BCUT2D eigenvalue weighted by molar-refractivity contribution is 4.80. The second kappa shape index (κ2) is 14.5. The Morgan fingerprint density at radius 2 is 1.19 bits per heavy atom. The summed E-state index contributed by atoms with van der Waals surface area (Å²) in [6, 6.07) is 0. The number of rotatable bonds is 12. The molecule has 0 nitrogen and oxygen atoms in total. The van der Waals surface area contributed by atoms with E-state index in [0.29, 0.717) is 0 Å². The van der Waals surface area contributed by atoms with E-state index in [2.05, 4.69) is 25.7 Å². The molecule has 16 heavy (non-hydrogen) atoms. The first-order valence-corrected chi connectivity index (χ1v) is 7.17. The Hall–Kier alpha value is -0.520. The Morgan fingerprint density at radius 3 is 1.75 bits per heavy atom. The minimum atomic E-state index is 1.20. The maximum absolute atomic E-state index is 3.74. The average Bonchev–Trinajstić information content (AvgIpc) is 2.31. The first kappa shape index (κ1) is 15.5. The van der Waals surface area contributed by atoms with Crippen LogP contribution in [-0.2, 0) is 0 Å². The van der Waals surface area contributed by atoms with Crippen molar-refractivity contribution in [3.8, 4) is 0 Å². The van der Waals surface area contributed by atoms with Gasteiger partial charge in [-0.05, 0) is 32.1 Å². The van der Waals surface area contributed by atoms with Crippen LogP contribution < -0.4 is 0 Å². The third-order valence-electron chi connectivity index (χ3n) is 2.90. The molecule has 0 saturated carbocycles. The van der Waals surface area contributed by atoms with Gasteiger partial charge >= 0.3 is 0 Å². The van der Waals surface area contributed by atoms with Crippen molar-refractivity contribution in [2.45, 2.75) is 77.6 Å². The largest absolute Gasteiger partial charge is 0.103 e. The molecule has 0 heteroatoms. The Labute approximate surface area is 103 Å². The van der Waals surface area contributed by atoms with Crippen molar-refractivity contribution in [3.05, 3.63) is 24.8 Å². The minimum Gasteiger partial charge on any atom is -0.103 e. The van der Waals surface area contributed by atoms with Crippen molar-refractivity contribution in [2.75, 3.05) is 0 Å². The molecule has 0 aliphatic heterocycles. The lowest BCUT2D eigenvalue weighted by Crippen LogP contribution is -1.80. The van der Waals surface area contributed by atoms with E-state index < -0.39 is 0 Å². The van der Waals surface area contributed by atoms with Gasteiger partial charge in [-0.2, -0.15) is 0 Å². The Kier molecular flexibility index (Phi) is 14.0. The third kappa shape index (κ3) is 13.5. The smallest absolute Gasteiger partial charge is 0.0351 e. The van der Waals surface area contributed by atoms with Gasteiger partial charge in [0.1, 0.15) is 0 Å². The summed E-state index contributed by atoms with van der Waals surface area (Å²) >= 11 is 0. The number of unbranched alkanes of at least 4 members (excludes halogenated alkanes) is 9. The van der Waals surface area contributed by atoms with Crippen molar-refractivity contribution in [1.29, 1.82) is 0 Å². The van der Waals surface area contributed by atoms with Crippen LogP contribution in [0.4, 0.5) is 0 Å². The molecule has 0 saturated heterocycles. The molecule has 0 aromatic rings. The van der Waals surface area contributed by atoms with Crippen LogP contribution in [0.5, 0.6) is 0 Å². The van der Waals surface area contributed by atoms with E-state index in [1.165, 1.54) is 70.6 Å². The molecule has 0 fully saturated rings. The zero-order valence-corrected chi connectivity index (χ0v) is 11.2. The maximum atomic E-state index is 3.74. The highest BCUT2D eigenvalue weighted by Crippen LogP contribution is 2.10. The van der Waals surface area contributed by atoms with Crippen molar-refractivity contribution < 1.29 is 0 Å². The molecule has 0 spiro atoms. The fourth-order valence-electron chi connectivity index (χ4n) is 1.84. The van der Waals surface area contributed by atoms with Crippen molar-refractivity contribution in [3.63, 3.8) is 0 Å². The fourth-order valence-corrected chi connectivity index (χ4v) is 1.84. The Balaban J connectivity index is 2.95. The van der Waals surface area contributed by atoms with E-state index in [1.54, 1.807) is 0 Å². The molecule has 0 aliphatic rings. The molecular weight excluding hydrogens is 192 g/mol. The van der Waals surface area contributed by atoms with Gasteiger partial charge in [-0.1, -0.05) is 63.7 Å². The standard InChI is InChI=1S/C16H30/c1-3-5-7-9-11-13-15-16-14-12-10-8-6-4-2/h3,8,10H,1,4-7,9,11-16H2,2H3. The summed E-state index contributed by atoms with van der Waals surface area (Å²) in [6.07, 6.45) is 21.5. The van der Waals surface area contributed by atoms with Gasteiger partial charge in [0, 0.05) is 0 Å². The predicted molar refractivity (Wildman–Crippen MR) is 75.8 cm³/mol. The molecule has 0 bridgehead atoms. The summed E-state index contributed by atoms with van der Waals surface area (Å²) in [5.74, 6) is 0. The molecule has 0 aromatic heterocycles. The van der Waals surface area contributed by atoms with Crippen LogP contribution >= 0.6 is 0 Å². The van der Waals surface area contributed by atoms with E-state index in [1.807, 2.05) is 6.08 Å². The molecule has 0 atom stereocenters. The van der Waals surface area contributed by atoms with Crippen molar-refractivity contribution in [1.82, 2.24) is 0 Å². The minimum absolute atomic E-state index is 1.20. The van der Waals surface area contributed by atoms with E-state index in [4.69, 9.17) is 0 Å². The van der Waals surface area contributed by atoms with Gasteiger partial charge in [-0.3, -0.25) is 0 Å². The highest BCUT2D eigenvalue weighted by Gasteiger charge is 1.90. The van der Waals surface area contributed by atoms with Gasteiger partial charge in [-0.25, -0.2) is 0 Å². The topological polar surface area (TPSA) is 0 Å². The van der Waals surface area contributed by atoms with Gasteiger partial charge in [0.25, 0.3) is 0 Å². The van der Waals surface area contributed by atoms with Gasteiger partial charge in [0.2, 0.25) is 0 Å². The summed E-state index contributed by atoms with van der Waals surface area (Å²) in [6.45, 7) is 5.98. The lowest BCUT2D eigenvalue weighted by Gasteiger charge is -1.99. The van der Waals surface area contributed by atoms with E-state index in [0.717, 1.165) is 0 Å². The van der Waals surface area contributed by atoms with E-state index >= 15 is 0 Å². The second-order valence-electron chi connectivity index (χ2n) is 4.60. The average molecular weight is 222 g/mol. The zero-order valence-electron chi connectivity index (χ0n) is 11.2. The van der Waals surface area contributed by atoms with Crippen LogP contribution in [0.2, 0.25) is 0 Å². The molecule has 94 valence electrons. The zero-order chi connectivity index (χ0) is 11.9.